The quantitative estimate of drug-likeness (QED) is 0.527. The second-order valence-corrected chi connectivity index (χ2v) is 4.21. The number of hydrogen-bond donors (Lipinski definition) is 2. The Morgan fingerprint density at radius 1 is 1.38 bits per heavy atom. The molecule has 0 atom stereocenters. The summed E-state index contributed by atoms with van der Waals surface area (Å²) in [6, 6.07) is 0. The van der Waals surface area contributed by atoms with Crippen LogP contribution in [0.4, 0.5) is 0 Å². The highest BCUT2D eigenvalue weighted by Crippen LogP contribution is 2.34. The van der Waals surface area contributed by atoms with Crippen molar-refractivity contribution in [1.82, 2.24) is 0 Å². The molecule has 0 unspecified atom stereocenters. The average Bonchev–Trinajstić information content (AvgIpc) is 1.94. The van der Waals surface area contributed by atoms with E-state index in [4.69, 9.17) is 9.79 Å². The van der Waals surface area contributed by atoms with Crippen molar-refractivity contribution < 1.29 is 19.1 Å². The minimum atomic E-state index is -4.18. The summed E-state index contributed by atoms with van der Waals surface area (Å²) < 4.78 is 10.4. The first-order valence-corrected chi connectivity index (χ1v) is 5.77. The van der Waals surface area contributed by atoms with Gasteiger partial charge < -0.3 is 9.79 Å². The van der Waals surface area contributed by atoms with E-state index in [1.807, 2.05) is 6.92 Å². The van der Waals surface area contributed by atoms with Crippen LogP contribution in [0.25, 0.3) is 0 Å². The molecule has 5 heteroatoms. The van der Waals surface area contributed by atoms with Crippen LogP contribution >= 0.6 is 7.60 Å². The molecule has 0 bridgehead atoms. The third-order valence-electron chi connectivity index (χ3n) is 1.21. The van der Waals surface area contributed by atoms with Crippen molar-refractivity contribution in [3.05, 3.63) is 0 Å². The number of hydrogen-bond acceptors (Lipinski definition) is 2. The number of carbonyl (C=O) groups is 1. The van der Waals surface area contributed by atoms with Crippen molar-refractivity contribution >= 4 is 13.4 Å². The van der Waals surface area contributed by atoms with Gasteiger partial charge in [-0.3, -0.25) is 9.36 Å². The lowest BCUT2D eigenvalue weighted by atomic mass is 10.2. The van der Waals surface area contributed by atoms with E-state index in [0.29, 0.717) is 6.42 Å². The molecule has 0 saturated heterocycles. The Hall–Kier alpha value is -0.620. The second-order valence-electron chi connectivity index (χ2n) is 2.57. The number of rotatable bonds is 4. The largest absolute Gasteiger partial charge is 0.332 e. The molecule has 0 aromatic carbocycles. The number of Topliss-reactive ketones (excluding diaryl/α,β-unsaturated/α-hetero) is 1. The highest BCUT2D eigenvalue weighted by atomic mass is 31.2. The molecule has 0 saturated carbocycles. The van der Waals surface area contributed by atoms with E-state index in [0.717, 1.165) is 6.42 Å². The van der Waals surface area contributed by atoms with Crippen LogP contribution in [0, 0.1) is 11.8 Å². The van der Waals surface area contributed by atoms with E-state index in [2.05, 4.69) is 11.8 Å². The molecule has 0 fully saturated rings. The summed E-state index contributed by atoms with van der Waals surface area (Å²) >= 11 is 0. The zero-order chi connectivity index (χ0) is 10.3. The van der Waals surface area contributed by atoms with Gasteiger partial charge in [-0.25, -0.2) is 0 Å². The van der Waals surface area contributed by atoms with E-state index in [9.17, 15) is 9.36 Å². The highest BCUT2D eigenvalue weighted by Gasteiger charge is 2.17. The van der Waals surface area contributed by atoms with Gasteiger partial charge in [0.1, 0.15) is 11.9 Å². The monoisotopic (exact) mass is 204 g/mol. The first-order chi connectivity index (χ1) is 5.95. The maximum Gasteiger partial charge on any atom is 0.332 e. The second kappa shape index (κ2) is 5.93. The summed E-state index contributed by atoms with van der Waals surface area (Å²) in [5.74, 6) is 5.07. The van der Waals surface area contributed by atoms with Crippen molar-refractivity contribution in [2.45, 2.75) is 26.2 Å². The predicted molar refractivity (Wildman–Crippen MR) is 49.2 cm³/mol. The number of ketones is 1. The Balaban J connectivity index is 3.71. The van der Waals surface area contributed by atoms with Gasteiger partial charge in [-0.05, 0) is 0 Å². The molecular formula is C8H13O4P. The van der Waals surface area contributed by atoms with Crippen molar-refractivity contribution in [3.8, 4) is 11.8 Å². The SMILES string of the molecule is CCC#CCCC(=O)CP(=O)(O)O. The van der Waals surface area contributed by atoms with Crippen LogP contribution in [-0.2, 0) is 9.36 Å². The van der Waals surface area contributed by atoms with Crippen LogP contribution < -0.4 is 0 Å². The van der Waals surface area contributed by atoms with Gasteiger partial charge in [-0.2, -0.15) is 0 Å². The highest BCUT2D eigenvalue weighted by molar-refractivity contribution is 7.52. The normalized spacial score (nSPS) is 10.4. The predicted octanol–water partition coefficient (Wildman–Crippen LogP) is 0.927. The Kier molecular flexibility index (Phi) is 5.65. The van der Waals surface area contributed by atoms with E-state index in [1.165, 1.54) is 0 Å². The van der Waals surface area contributed by atoms with Gasteiger partial charge in [0.25, 0.3) is 0 Å². The Morgan fingerprint density at radius 3 is 2.46 bits per heavy atom. The molecule has 0 heterocycles. The molecular weight excluding hydrogens is 191 g/mol. The molecule has 0 rings (SSSR count). The maximum atomic E-state index is 10.9. The van der Waals surface area contributed by atoms with Crippen LogP contribution in [0.5, 0.6) is 0 Å². The minimum Gasteiger partial charge on any atom is -0.324 e. The Bertz CT molecular complexity index is 268. The van der Waals surface area contributed by atoms with Gasteiger partial charge in [-0.1, -0.05) is 6.92 Å². The molecule has 0 spiro atoms. The number of carbonyl (C=O) groups excluding carboxylic acids is 1. The van der Waals surface area contributed by atoms with Crippen LogP contribution in [0.3, 0.4) is 0 Å². The summed E-state index contributed by atoms with van der Waals surface area (Å²) in [5, 5.41) is 0. The standard InChI is InChI=1S/C8H13O4P/c1-2-3-4-5-6-8(9)7-13(10,11)12/h2,5-7H2,1H3,(H2,10,11,12). The fourth-order valence-electron chi connectivity index (χ4n) is 0.724. The van der Waals surface area contributed by atoms with E-state index < -0.39 is 19.5 Å². The zero-order valence-corrected chi connectivity index (χ0v) is 8.38. The topological polar surface area (TPSA) is 74.6 Å². The molecule has 74 valence electrons. The third-order valence-corrected chi connectivity index (χ3v) is 1.98. The van der Waals surface area contributed by atoms with Crippen LogP contribution in [0.15, 0.2) is 0 Å². The van der Waals surface area contributed by atoms with Crippen molar-refractivity contribution in [3.63, 3.8) is 0 Å². The molecule has 4 nitrogen and oxygen atoms in total. The maximum absolute atomic E-state index is 10.9. The lowest BCUT2D eigenvalue weighted by molar-refractivity contribution is -0.116. The summed E-state index contributed by atoms with van der Waals surface area (Å²) in [7, 11) is -4.18. The van der Waals surface area contributed by atoms with E-state index in [1.54, 1.807) is 0 Å². The van der Waals surface area contributed by atoms with Crippen molar-refractivity contribution in [2.75, 3.05) is 6.16 Å². The molecule has 2 N–H and O–H groups in total. The van der Waals surface area contributed by atoms with Crippen LogP contribution in [0.2, 0.25) is 0 Å². The van der Waals surface area contributed by atoms with Crippen molar-refractivity contribution in [2.24, 2.45) is 0 Å². The van der Waals surface area contributed by atoms with Gasteiger partial charge in [0.15, 0.2) is 0 Å². The fourth-order valence-corrected chi connectivity index (χ4v) is 1.34. The fraction of sp³-hybridized carbons (Fsp3) is 0.625. The summed E-state index contributed by atoms with van der Waals surface area (Å²) in [6.45, 7) is 1.89. The average molecular weight is 204 g/mol. The lowest BCUT2D eigenvalue weighted by Gasteiger charge is -2.00. The van der Waals surface area contributed by atoms with Gasteiger partial charge >= 0.3 is 7.60 Å². The van der Waals surface area contributed by atoms with E-state index >= 15 is 0 Å². The molecule has 0 aliphatic carbocycles. The molecule has 0 aliphatic rings. The first-order valence-electron chi connectivity index (χ1n) is 3.97. The minimum absolute atomic E-state index is 0.123. The summed E-state index contributed by atoms with van der Waals surface area (Å²) in [5.41, 5.74) is 0. The molecule has 0 radical (unpaired) electrons. The van der Waals surface area contributed by atoms with Crippen LogP contribution in [-0.4, -0.2) is 21.7 Å². The van der Waals surface area contributed by atoms with Gasteiger partial charge in [0.05, 0.1) is 0 Å². The molecule has 0 aliphatic heterocycles. The molecule has 0 aromatic rings. The molecule has 13 heavy (non-hydrogen) atoms. The van der Waals surface area contributed by atoms with Gasteiger partial charge in [0, 0.05) is 19.3 Å². The van der Waals surface area contributed by atoms with E-state index in [-0.39, 0.29) is 6.42 Å². The smallest absolute Gasteiger partial charge is 0.324 e. The van der Waals surface area contributed by atoms with Gasteiger partial charge in [0.2, 0.25) is 0 Å². The Labute approximate surface area is 77.5 Å². The Morgan fingerprint density at radius 2 is 2.00 bits per heavy atom. The molecule has 0 amide bonds. The molecule has 0 aromatic heterocycles. The summed E-state index contributed by atoms with van der Waals surface area (Å²) in [4.78, 5) is 27.8. The van der Waals surface area contributed by atoms with Crippen molar-refractivity contribution in [1.29, 1.82) is 0 Å². The summed E-state index contributed by atoms with van der Waals surface area (Å²) in [6.07, 6.45) is 0.568. The third kappa shape index (κ3) is 9.29. The van der Waals surface area contributed by atoms with Gasteiger partial charge in [-0.15, -0.1) is 11.8 Å². The zero-order valence-electron chi connectivity index (χ0n) is 7.49. The lowest BCUT2D eigenvalue weighted by Crippen LogP contribution is -2.04. The first kappa shape index (κ1) is 12.4. The van der Waals surface area contributed by atoms with Crippen LogP contribution in [0.1, 0.15) is 26.2 Å².